The van der Waals surface area contributed by atoms with Crippen LogP contribution in [0.25, 0.3) is 0 Å². The largest absolute Gasteiger partial charge is 0.304 e. The third-order valence-electron chi connectivity index (χ3n) is 5.27. The normalized spacial score (nSPS) is 17.8. The SMILES string of the molecule is O=[N+]([O-])C(Cc1ccccc1)(NCC1CCCCC1)c1ccccc1. The Bertz CT molecular complexity index is 669. The Balaban J connectivity index is 1.89. The maximum atomic E-state index is 12.2. The molecule has 1 N–H and O–H groups in total. The average Bonchev–Trinajstić information content (AvgIpc) is 2.67. The Morgan fingerprint density at radius 1 is 0.960 bits per heavy atom. The monoisotopic (exact) mass is 338 g/mol. The minimum Gasteiger partial charge on any atom is -0.262 e. The molecule has 132 valence electrons. The minimum atomic E-state index is -1.28. The second-order valence-corrected chi connectivity index (χ2v) is 7.03. The molecule has 0 radical (unpaired) electrons. The molecule has 4 nitrogen and oxygen atoms in total. The maximum absolute atomic E-state index is 12.2. The smallest absolute Gasteiger partial charge is 0.262 e. The van der Waals surface area contributed by atoms with Crippen LogP contribution in [0.1, 0.15) is 43.2 Å². The first-order chi connectivity index (χ1) is 12.2. The Labute approximate surface area is 149 Å². The van der Waals surface area contributed by atoms with Crippen molar-refractivity contribution < 1.29 is 4.92 Å². The Kier molecular flexibility index (Phi) is 5.82. The zero-order valence-electron chi connectivity index (χ0n) is 14.6. The van der Waals surface area contributed by atoms with Gasteiger partial charge in [-0.05, 0) is 24.3 Å². The number of hydrogen-bond acceptors (Lipinski definition) is 3. The van der Waals surface area contributed by atoms with E-state index in [0.29, 0.717) is 18.9 Å². The van der Waals surface area contributed by atoms with Crippen LogP contribution in [-0.2, 0) is 12.1 Å². The predicted molar refractivity (Wildman–Crippen MR) is 99.8 cm³/mol. The zero-order chi connectivity index (χ0) is 17.5. The average molecular weight is 338 g/mol. The van der Waals surface area contributed by atoms with Gasteiger partial charge in [-0.2, -0.15) is 0 Å². The lowest BCUT2D eigenvalue weighted by molar-refractivity contribution is -0.588. The molecule has 2 aromatic carbocycles. The summed E-state index contributed by atoms with van der Waals surface area (Å²) < 4.78 is 0. The van der Waals surface area contributed by atoms with E-state index >= 15 is 0 Å². The molecule has 0 spiro atoms. The fourth-order valence-electron chi connectivity index (χ4n) is 3.81. The molecule has 1 aliphatic rings. The predicted octanol–water partition coefficient (Wildman–Crippen LogP) is 4.53. The van der Waals surface area contributed by atoms with Crippen molar-refractivity contribution in [3.05, 3.63) is 81.9 Å². The van der Waals surface area contributed by atoms with E-state index in [2.05, 4.69) is 5.32 Å². The number of nitrogens with one attached hydrogen (secondary N) is 1. The van der Waals surface area contributed by atoms with Gasteiger partial charge >= 0.3 is 5.66 Å². The molecule has 25 heavy (non-hydrogen) atoms. The van der Waals surface area contributed by atoms with Gasteiger partial charge in [0.05, 0.1) is 6.42 Å². The summed E-state index contributed by atoms with van der Waals surface area (Å²) in [6, 6.07) is 19.1. The molecule has 0 bridgehead atoms. The van der Waals surface area contributed by atoms with Gasteiger partial charge in [-0.3, -0.25) is 10.1 Å². The molecule has 3 rings (SSSR count). The molecule has 4 heteroatoms. The van der Waals surface area contributed by atoms with Crippen molar-refractivity contribution in [1.82, 2.24) is 5.32 Å². The molecule has 0 amide bonds. The van der Waals surface area contributed by atoms with Crippen LogP contribution in [0.2, 0.25) is 0 Å². The minimum absolute atomic E-state index is 0.141. The van der Waals surface area contributed by atoms with Crippen LogP contribution >= 0.6 is 0 Å². The molecule has 1 unspecified atom stereocenters. The van der Waals surface area contributed by atoms with E-state index in [0.717, 1.165) is 11.1 Å². The number of hydrogen-bond donors (Lipinski definition) is 1. The Morgan fingerprint density at radius 2 is 1.56 bits per heavy atom. The van der Waals surface area contributed by atoms with E-state index < -0.39 is 5.66 Å². The zero-order valence-corrected chi connectivity index (χ0v) is 14.6. The summed E-state index contributed by atoms with van der Waals surface area (Å²) in [6.45, 7) is 0.697. The molecule has 0 aromatic heterocycles. The van der Waals surface area contributed by atoms with Gasteiger partial charge in [0.1, 0.15) is 0 Å². The summed E-state index contributed by atoms with van der Waals surface area (Å²) in [6.07, 6.45) is 6.45. The van der Waals surface area contributed by atoms with Gasteiger partial charge in [0, 0.05) is 17.0 Å². The number of benzene rings is 2. The number of nitro groups is 1. The first kappa shape index (κ1) is 17.6. The third kappa shape index (κ3) is 4.26. The van der Waals surface area contributed by atoms with Crippen molar-refractivity contribution in [1.29, 1.82) is 0 Å². The maximum Gasteiger partial charge on any atom is 0.304 e. The molecule has 0 aliphatic heterocycles. The number of rotatable bonds is 7. The molecular formula is C21H26N2O2. The third-order valence-corrected chi connectivity index (χ3v) is 5.27. The van der Waals surface area contributed by atoms with Crippen LogP contribution in [0.5, 0.6) is 0 Å². The van der Waals surface area contributed by atoms with Crippen LogP contribution in [0.3, 0.4) is 0 Å². The summed E-state index contributed by atoms with van der Waals surface area (Å²) in [5, 5.41) is 15.6. The lowest BCUT2D eigenvalue weighted by Gasteiger charge is -2.30. The van der Waals surface area contributed by atoms with Crippen molar-refractivity contribution >= 4 is 0 Å². The van der Waals surface area contributed by atoms with Crippen LogP contribution in [0.15, 0.2) is 60.7 Å². The quantitative estimate of drug-likeness (QED) is 0.458. The molecule has 0 heterocycles. The number of nitrogens with zero attached hydrogens (tertiary/aromatic N) is 1. The summed E-state index contributed by atoms with van der Waals surface area (Å²) >= 11 is 0. The molecular weight excluding hydrogens is 312 g/mol. The van der Waals surface area contributed by atoms with E-state index in [1.807, 2.05) is 60.7 Å². The van der Waals surface area contributed by atoms with Crippen molar-refractivity contribution in [3.63, 3.8) is 0 Å². The molecule has 1 aliphatic carbocycles. The molecule has 1 fully saturated rings. The standard InChI is InChI=1S/C21H26N2O2/c24-23(25)21(20-14-8-3-9-15-20,16-18-10-4-1-5-11-18)22-17-19-12-6-2-7-13-19/h1,3-5,8-11,14-15,19,22H,2,6-7,12-13,16-17H2. The Morgan fingerprint density at radius 3 is 2.16 bits per heavy atom. The van der Waals surface area contributed by atoms with Crippen LogP contribution in [0, 0.1) is 16.0 Å². The Hall–Kier alpha value is -2.20. The van der Waals surface area contributed by atoms with E-state index in [1.165, 1.54) is 32.1 Å². The fourth-order valence-corrected chi connectivity index (χ4v) is 3.81. The van der Waals surface area contributed by atoms with Gasteiger partial charge in [-0.25, -0.2) is 5.32 Å². The summed E-state index contributed by atoms with van der Waals surface area (Å²) in [4.78, 5) is 12.1. The van der Waals surface area contributed by atoms with Crippen LogP contribution in [0.4, 0.5) is 0 Å². The van der Waals surface area contributed by atoms with Crippen molar-refractivity contribution in [2.75, 3.05) is 6.54 Å². The molecule has 0 saturated heterocycles. The highest BCUT2D eigenvalue weighted by Gasteiger charge is 2.45. The highest BCUT2D eigenvalue weighted by atomic mass is 16.6. The highest BCUT2D eigenvalue weighted by molar-refractivity contribution is 5.26. The van der Waals surface area contributed by atoms with Crippen molar-refractivity contribution in [2.45, 2.75) is 44.2 Å². The second-order valence-electron chi connectivity index (χ2n) is 7.03. The van der Waals surface area contributed by atoms with Gasteiger partial charge in [-0.15, -0.1) is 0 Å². The molecule has 1 atom stereocenters. The highest BCUT2D eigenvalue weighted by Crippen LogP contribution is 2.29. The van der Waals surface area contributed by atoms with Gasteiger partial charge in [0.2, 0.25) is 0 Å². The van der Waals surface area contributed by atoms with Crippen molar-refractivity contribution in [3.8, 4) is 0 Å². The summed E-state index contributed by atoms with van der Waals surface area (Å²) in [7, 11) is 0. The summed E-state index contributed by atoms with van der Waals surface area (Å²) in [5.41, 5.74) is 0.416. The fraction of sp³-hybridized carbons (Fsp3) is 0.429. The van der Waals surface area contributed by atoms with E-state index in [1.54, 1.807) is 0 Å². The van der Waals surface area contributed by atoms with Crippen LogP contribution in [-0.4, -0.2) is 11.5 Å². The van der Waals surface area contributed by atoms with Crippen LogP contribution < -0.4 is 5.32 Å². The molecule has 2 aromatic rings. The van der Waals surface area contributed by atoms with Gasteiger partial charge < -0.3 is 0 Å². The van der Waals surface area contributed by atoms with E-state index in [4.69, 9.17) is 0 Å². The van der Waals surface area contributed by atoms with Gasteiger partial charge in [0.25, 0.3) is 0 Å². The molecule has 1 saturated carbocycles. The topological polar surface area (TPSA) is 55.2 Å². The van der Waals surface area contributed by atoms with Gasteiger partial charge in [0.15, 0.2) is 0 Å². The second kappa shape index (κ2) is 8.26. The first-order valence-electron chi connectivity index (χ1n) is 9.20. The lowest BCUT2D eigenvalue weighted by Crippen LogP contribution is -2.52. The van der Waals surface area contributed by atoms with E-state index in [-0.39, 0.29) is 4.92 Å². The first-order valence-corrected chi connectivity index (χ1v) is 9.20. The van der Waals surface area contributed by atoms with E-state index in [9.17, 15) is 10.1 Å². The van der Waals surface area contributed by atoms with Crippen molar-refractivity contribution in [2.24, 2.45) is 5.92 Å². The lowest BCUT2D eigenvalue weighted by atomic mass is 9.87. The van der Waals surface area contributed by atoms with Gasteiger partial charge in [-0.1, -0.05) is 79.9 Å². The summed E-state index contributed by atoms with van der Waals surface area (Å²) in [5.74, 6) is 0.535.